The van der Waals surface area contributed by atoms with Gasteiger partial charge in [-0.1, -0.05) is 26.7 Å². The SMILES string of the molecule is CC1CCCC(N(C)CCN)C1C. The molecule has 0 aromatic carbocycles. The summed E-state index contributed by atoms with van der Waals surface area (Å²) in [4.78, 5) is 2.44. The minimum Gasteiger partial charge on any atom is -0.329 e. The quantitative estimate of drug-likeness (QED) is 0.723. The van der Waals surface area contributed by atoms with E-state index in [4.69, 9.17) is 5.73 Å². The van der Waals surface area contributed by atoms with E-state index in [1.54, 1.807) is 0 Å². The lowest BCUT2D eigenvalue weighted by Crippen LogP contribution is -2.43. The summed E-state index contributed by atoms with van der Waals surface area (Å²) in [5.74, 6) is 1.73. The van der Waals surface area contributed by atoms with E-state index in [1.807, 2.05) is 0 Å². The molecule has 2 heteroatoms. The van der Waals surface area contributed by atoms with Gasteiger partial charge in [-0.05, 0) is 25.3 Å². The van der Waals surface area contributed by atoms with Crippen molar-refractivity contribution in [1.82, 2.24) is 4.90 Å². The summed E-state index contributed by atoms with van der Waals surface area (Å²) in [5, 5.41) is 0. The van der Waals surface area contributed by atoms with Gasteiger partial charge in [-0.25, -0.2) is 0 Å². The lowest BCUT2D eigenvalue weighted by Gasteiger charge is -2.39. The molecule has 13 heavy (non-hydrogen) atoms. The summed E-state index contributed by atoms with van der Waals surface area (Å²) < 4.78 is 0. The van der Waals surface area contributed by atoms with Gasteiger partial charge in [0.05, 0.1) is 0 Å². The molecule has 3 unspecified atom stereocenters. The van der Waals surface area contributed by atoms with Crippen LogP contribution < -0.4 is 5.73 Å². The third-order valence-electron chi connectivity index (χ3n) is 3.71. The van der Waals surface area contributed by atoms with Crippen molar-refractivity contribution in [3.05, 3.63) is 0 Å². The highest BCUT2D eigenvalue weighted by atomic mass is 15.1. The van der Waals surface area contributed by atoms with Crippen LogP contribution in [0.1, 0.15) is 33.1 Å². The van der Waals surface area contributed by atoms with Gasteiger partial charge in [-0.2, -0.15) is 0 Å². The first-order valence-electron chi connectivity index (χ1n) is 5.57. The Bertz CT molecular complexity index is 147. The van der Waals surface area contributed by atoms with E-state index in [1.165, 1.54) is 19.3 Å². The van der Waals surface area contributed by atoms with E-state index in [-0.39, 0.29) is 0 Å². The third-order valence-corrected chi connectivity index (χ3v) is 3.71. The molecule has 3 atom stereocenters. The first kappa shape index (κ1) is 11.0. The Labute approximate surface area is 82.5 Å². The first-order chi connectivity index (χ1) is 6.16. The van der Waals surface area contributed by atoms with Crippen molar-refractivity contribution in [2.45, 2.75) is 39.2 Å². The van der Waals surface area contributed by atoms with Crippen LogP contribution in [0.25, 0.3) is 0 Å². The van der Waals surface area contributed by atoms with Gasteiger partial charge in [0.2, 0.25) is 0 Å². The highest BCUT2D eigenvalue weighted by Gasteiger charge is 2.29. The van der Waals surface area contributed by atoms with Crippen LogP contribution in [0.15, 0.2) is 0 Å². The van der Waals surface area contributed by atoms with E-state index in [9.17, 15) is 0 Å². The van der Waals surface area contributed by atoms with Crippen molar-refractivity contribution < 1.29 is 0 Å². The second kappa shape index (κ2) is 4.97. The summed E-state index contributed by atoms with van der Waals surface area (Å²) in [6.07, 6.45) is 4.17. The van der Waals surface area contributed by atoms with Crippen molar-refractivity contribution in [2.75, 3.05) is 20.1 Å². The molecular weight excluding hydrogens is 160 g/mol. The molecule has 1 aliphatic carbocycles. The number of nitrogens with zero attached hydrogens (tertiary/aromatic N) is 1. The second-order valence-corrected chi connectivity index (χ2v) is 4.60. The van der Waals surface area contributed by atoms with Gasteiger partial charge in [0.25, 0.3) is 0 Å². The van der Waals surface area contributed by atoms with Crippen molar-refractivity contribution in [3.63, 3.8) is 0 Å². The summed E-state index contributed by atoms with van der Waals surface area (Å²) in [6.45, 7) is 6.60. The van der Waals surface area contributed by atoms with Crippen LogP contribution in [-0.4, -0.2) is 31.1 Å². The molecule has 1 rings (SSSR count). The van der Waals surface area contributed by atoms with E-state index < -0.39 is 0 Å². The normalized spacial score (nSPS) is 35.3. The average molecular weight is 184 g/mol. The zero-order chi connectivity index (χ0) is 9.84. The van der Waals surface area contributed by atoms with Crippen LogP contribution in [-0.2, 0) is 0 Å². The molecule has 2 nitrogen and oxygen atoms in total. The maximum absolute atomic E-state index is 5.57. The molecule has 2 N–H and O–H groups in total. The monoisotopic (exact) mass is 184 g/mol. The highest BCUT2D eigenvalue weighted by Crippen LogP contribution is 2.31. The maximum Gasteiger partial charge on any atom is 0.0121 e. The van der Waals surface area contributed by atoms with Gasteiger partial charge < -0.3 is 10.6 Å². The number of rotatable bonds is 3. The van der Waals surface area contributed by atoms with Gasteiger partial charge in [-0.15, -0.1) is 0 Å². The minimum absolute atomic E-state index is 0.771. The molecule has 1 fully saturated rings. The van der Waals surface area contributed by atoms with Crippen molar-refractivity contribution in [1.29, 1.82) is 0 Å². The van der Waals surface area contributed by atoms with Crippen LogP contribution in [0, 0.1) is 11.8 Å². The van der Waals surface area contributed by atoms with Crippen molar-refractivity contribution in [2.24, 2.45) is 17.6 Å². The standard InChI is InChI=1S/C11H24N2/c1-9-5-4-6-11(10(9)2)13(3)8-7-12/h9-11H,4-8,12H2,1-3H3. The molecule has 0 spiro atoms. The second-order valence-electron chi connectivity index (χ2n) is 4.60. The largest absolute Gasteiger partial charge is 0.329 e. The Morgan fingerprint density at radius 3 is 2.62 bits per heavy atom. The summed E-state index contributed by atoms with van der Waals surface area (Å²) >= 11 is 0. The van der Waals surface area contributed by atoms with Crippen molar-refractivity contribution >= 4 is 0 Å². The van der Waals surface area contributed by atoms with Gasteiger partial charge in [0, 0.05) is 19.1 Å². The Kier molecular flexibility index (Phi) is 4.20. The smallest absolute Gasteiger partial charge is 0.0121 e. The van der Waals surface area contributed by atoms with Gasteiger partial charge in [0.15, 0.2) is 0 Å². The predicted molar refractivity (Wildman–Crippen MR) is 57.7 cm³/mol. The van der Waals surface area contributed by atoms with E-state index in [0.717, 1.165) is 31.0 Å². The third kappa shape index (κ3) is 2.68. The van der Waals surface area contributed by atoms with Crippen molar-refractivity contribution in [3.8, 4) is 0 Å². The molecular formula is C11H24N2. The minimum atomic E-state index is 0.771. The zero-order valence-electron chi connectivity index (χ0n) is 9.29. The molecule has 0 aliphatic heterocycles. The van der Waals surface area contributed by atoms with Crippen LogP contribution in [0.4, 0.5) is 0 Å². The Balaban J connectivity index is 2.46. The Morgan fingerprint density at radius 1 is 1.31 bits per heavy atom. The molecule has 0 heterocycles. The lowest BCUT2D eigenvalue weighted by atomic mass is 9.77. The molecule has 78 valence electrons. The summed E-state index contributed by atoms with van der Waals surface area (Å²) in [6, 6.07) is 0.771. The zero-order valence-corrected chi connectivity index (χ0v) is 9.29. The van der Waals surface area contributed by atoms with Crippen LogP contribution in [0.2, 0.25) is 0 Å². The Hall–Kier alpha value is -0.0800. The number of nitrogens with two attached hydrogens (primary N) is 1. The van der Waals surface area contributed by atoms with E-state index in [2.05, 4.69) is 25.8 Å². The topological polar surface area (TPSA) is 29.3 Å². The fourth-order valence-electron chi connectivity index (χ4n) is 2.55. The number of hydrogen-bond acceptors (Lipinski definition) is 2. The van der Waals surface area contributed by atoms with E-state index in [0.29, 0.717) is 0 Å². The molecule has 1 aliphatic rings. The fourth-order valence-corrected chi connectivity index (χ4v) is 2.55. The Morgan fingerprint density at radius 2 is 2.00 bits per heavy atom. The maximum atomic E-state index is 5.57. The molecule has 0 aromatic heterocycles. The molecule has 0 amide bonds. The average Bonchev–Trinajstić information content (AvgIpc) is 2.10. The molecule has 0 bridgehead atoms. The van der Waals surface area contributed by atoms with E-state index >= 15 is 0 Å². The molecule has 1 saturated carbocycles. The van der Waals surface area contributed by atoms with Gasteiger partial charge >= 0.3 is 0 Å². The van der Waals surface area contributed by atoms with Gasteiger partial charge in [-0.3, -0.25) is 0 Å². The van der Waals surface area contributed by atoms with Crippen LogP contribution in [0.5, 0.6) is 0 Å². The molecule has 0 aromatic rings. The number of hydrogen-bond donors (Lipinski definition) is 1. The van der Waals surface area contributed by atoms with Crippen LogP contribution in [0.3, 0.4) is 0 Å². The van der Waals surface area contributed by atoms with Crippen LogP contribution >= 0.6 is 0 Å². The lowest BCUT2D eigenvalue weighted by molar-refractivity contribution is 0.105. The predicted octanol–water partition coefficient (Wildman–Crippen LogP) is 1.70. The summed E-state index contributed by atoms with van der Waals surface area (Å²) in [7, 11) is 2.21. The first-order valence-corrected chi connectivity index (χ1v) is 5.57. The summed E-state index contributed by atoms with van der Waals surface area (Å²) in [5.41, 5.74) is 5.57. The fraction of sp³-hybridized carbons (Fsp3) is 1.00. The highest BCUT2D eigenvalue weighted by molar-refractivity contribution is 4.83. The number of likely N-dealkylation sites (N-methyl/N-ethyl adjacent to an activating group) is 1. The molecule has 0 radical (unpaired) electrons. The molecule has 0 saturated heterocycles. The van der Waals surface area contributed by atoms with Gasteiger partial charge in [0.1, 0.15) is 0 Å².